The summed E-state index contributed by atoms with van der Waals surface area (Å²) in [5, 5.41) is 0. The van der Waals surface area contributed by atoms with Gasteiger partial charge in [0.05, 0.1) is 12.7 Å². The van der Waals surface area contributed by atoms with E-state index in [9.17, 15) is 4.79 Å². The Morgan fingerprint density at radius 1 is 1.47 bits per heavy atom. The monoisotopic (exact) mass is 208 g/mol. The van der Waals surface area contributed by atoms with Crippen LogP contribution in [0.25, 0.3) is 0 Å². The van der Waals surface area contributed by atoms with Gasteiger partial charge >= 0.3 is 5.97 Å². The maximum Gasteiger partial charge on any atom is 0.339 e. The van der Waals surface area contributed by atoms with Crippen LogP contribution in [0.5, 0.6) is 0 Å². The van der Waals surface area contributed by atoms with E-state index < -0.39 is 5.97 Å². The van der Waals surface area contributed by atoms with Gasteiger partial charge in [-0.15, -0.1) is 0 Å². The van der Waals surface area contributed by atoms with Crippen LogP contribution < -0.4 is 5.73 Å². The lowest BCUT2D eigenvalue weighted by atomic mass is 10.1. The number of carbonyl (C=O) groups is 1. The van der Waals surface area contributed by atoms with E-state index in [-0.39, 0.29) is 0 Å². The zero-order valence-corrected chi connectivity index (χ0v) is 9.28. The molecular weight excluding hydrogens is 192 g/mol. The zero-order valence-electron chi connectivity index (χ0n) is 9.28. The predicted molar refractivity (Wildman–Crippen MR) is 59.6 cm³/mol. The van der Waals surface area contributed by atoms with Crippen LogP contribution in [0.3, 0.4) is 0 Å². The molecule has 2 N–H and O–H groups in total. The molecule has 0 saturated heterocycles. The fourth-order valence-corrected chi connectivity index (χ4v) is 1.35. The molecule has 0 spiro atoms. The molecule has 0 amide bonds. The van der Waals surface area contributed by atoms with Crippen LogP contribution in [-0.4, -0.2) is 32.1 Å². The molecule has 1 rings (SSSR count). The Balaban J connectivity index is 3.00. The molecule has 0 atom stereocenters. The van der Waals surface area contributed by atoms with Crippen LogP contribution in [0.1, 0.15) is 15.9 Å². The van der Waals surface area contributed by atoms with Gasteiger partial charge < -0.3 is 15.4 Å². The van der Waals surface area contributed by atoms with E-state index in [0.29, 0.717) is 11.3 Å². The molecule has 0 heterocycles. The molecule has 1 aromatic rings. The minimum absolute atomic E-state index is 0.395. The Hall–Kier alpha value is -1.55. The molecular formula is C11H16N2O2. The van der Waals surface area contributed by atoms with E-state index in [0.717, 1.165) is 12.1 Å². The van der Waals surface area contributed by atoms with Crippen LogP contribution >= 0.6 is 0 Å². The number of nitrogens with zero attached hydrogens (tertiary/aromatic N) is 1. The summed E-state index contributed by atoms with van der Waals surface area (Å²) >= 11 is 0. The Bertz CT molecular complexity index is 362. The SMILES string of the molecule is COC(=O)c1cc(CN(C)C)ccc1N. The Morgan fingerprint density at radius 2 is 2.13 bits per heavy atom. The van der Waals surface area contributed by atoms with Gasteiger partial charge in [-0.2, -0.15) is 0 Å². The number of methoxy groups -OCH3 is 1. The van der Waals surface area contributed by atoms with Crippen molar-refractivity contribution in [1.29, 1.82) is 0 Å². The summed E-state index contributed by atoms with van der Waals surface area (Å²) in [6, 6.07) is 5.40. The number of carbonyl (C=O) groups excluding carboxylic acids is 1. The summed E-state index contributed by atoms with van der Waals surface area (Å²) < 4.78 is 4.64. The Kier molecular flexibility index (Phi) is 3.68. The standard InChI is InChI=1S/C11H16N2O2/c1-13(2)7-8-4-5-10(12)9(6-8)11(14)15-3/h4-6H,7,12H2,1-3H3. The highest BCUT2D eigenvalue weighted by molar-refractivity contribution is 5.95. The van der Waals surface area contributed by atoms with Crippen LogP contribution in [0, 0.1) is 0 Å². The summed E-state index contributed by atoms with van der Waals surface area (Å²) in [7, 11) is 5.28. The maximum atomic E-state index is 11.4. The first kappa shape index (κ1) is 11.5. The summed E-state index contributed by atoms with van der Waals surface area (Å²) in [5.74, 6) is -0.395. The second kappa shape index (κ2) is 4.79. The van der Waals surface area contributed by atoms with E-state index in [1.165, 1.54) is 7.11 Å². The minimum Gasteiger partial charge on any atom is -0.465 e. The topological polar surface area (TPSA) is 55.6 Å². The van der Waals surface area contributed by atoms with Gasteiger partial charge in [0, 0.05) is 12.2 Å². The van der Waals surface area contributed by atoms with Gasteiger partial charge in [-0.05, 0) is 31.8 Å². The molecule has 0 saturated carbocycles. The largest absolute Gasteiger partial charge is 0.465 e. The van der Waals surface area contributed by atoms with Crippen molar-refractivity contribution in [3.63, 3.8) is 0 Å². The van der Waals surface area contributed by atoms with Crippen molar-refractivity contribution in [2.24, 2.45) is 0 Å². The molecule has 0 aromatic heterocycles. The van der Waals surface area contributed by atoms with Gasteiger partial charge in [0.1, 0.15) is 0 Å². The van der Waals surface area contributed by atoms with Gasteiger partial charge in [-0.1, -0.05) is 6.07 Å². The molecule has 82 valence electrons. The smallest absolute Gasteiger partial charge is 0.339 e. The quantitative estimate of drug-likeness (QED) is 0.597. The first-order valence-electron chi connectivity index (χ1n) is 4.66. The fourth-order valence-electron chi connectivity index (χ4n) is 1.35. The molecule has 15 heavy (non-hydrogen) atoms. The van der Waals surface area contributed by atoms with Gasteiger partial charge in [0.25, 0.3) is 0 Å². The van der Waals surface area contributed by atoms with Crippen LogP contribution in [0.4, 0.5) is 5.69 Å². The van der Waals surface area contributed by atoms with Crippen LogP contribution in [0.2, 0.25) is 0 Å². The number of rotatable bonds is 3. The fraction of sp³-hybridized carbons (Fsp3) is 0.364. The molecule has 0 aliphatic heterocycles. The molecule has 0 radical (unpaired) electrons. The van der Waals surface area contributed by atoms with Gasteiger partial charge in [0.2, 0.25) is 0 Å². The summed E-state index contributed by atoms with van der Waals surface area (Å²) in [6.45, 7) is 0.768. The third-order valence-corrected chi connectivity index (χ3v) is 2.02. The molecule has 0 unspecified atom stereocenters. The van der Waals surface area contributed by atoms with E-state index >= 15 is 0 Å². The lowest BCUT2D eigenvalue weighted by molar-refractivity contribution is 0.0602. The number of hydrogen-bond donors (Lipinski definition) is 1. The molecule has 1 aromatic carbocycles. The summed E-state index contributed by atoms with van der Waals surface area (Å²) in [5.41, 5.74) is 7.60. The highest BCUT2D eigenvalue weighted by Crippen LogP contribution is 2.15. The summed E-state index contributed by atoms with van der Waals surface area (Å²) in [4.78, 5) is 13.4. The molecule has 0 aliphatic rings. The zero-order chi connectivity index (χ0) is 11.4. The first-order chi connectivity index (χ1) is 7.04. The molecule has 0 fully saturated rings. The number of hydrogen-bond acceptors (Lipinski definition) is 4. The van der Waals surface area contributed by atoms with Crippen molar-refractivity contribution in [2.75, 3.05) is 26.9 Å². The van der Waals surface area contributed by atoms with Gasteiger partial charge in [-0.3, -0.25) is 0 Å². The number of ether oxygens (including phenoxy) is 1. The van der Waals surface area contributed by atoms with Crippen molar-refractivity contribution in [2.45, 2.75) is 6.54 Å². The van der Waals surface area contributed by atoms with E-state index in [1.807, 2.05) is 25.1 Å². The number of anilines is 1. The Morgan fingerprint density at radius 3 is 2.67 bits per heavy atom. The lowest BCUT2D eigenvalue weighted by Crippen LogP contribution is -2.12. The third kappa shape index (κ3) is 2.95. The van der Waals surface area contributed by atoms with Crippen molar-refractivity contribution in [3.05, 3.63) is 29.3 Å². The van der Waals surface area contributed by atoms with Gasteiger partial charge in [0.15, 0.2) is 0 Å². The number of nitrogen functional groups attached to an aromatic ring is 1. The second-order valence-electron chi connectivity index (χ2n) is 3.65. The molecule has 4 nitrogen and oxygen atoms in total. The average Bonchev–Trinajstić information content (AvgIpc) is 2.19. The first-order valence-corrected chi connectivity index (χ1v) is 4.66. The van der Waals surface area contributed by atoms with Crippen LogP contribution in [-0.2, 0) is 11.3 Å². The number of nitrogens with two attached hydrogens (primary N) is 1. The molecule has 4 heteroatoms. The van der Waals surface area contributed by atoms with Crippen molar-refractivity contribution in [3.8, 4) is 0 Å². The highest BCUT2D eigenvalue weighted by Gasteiger charge is 2.10. The Labute approximate surface area is 89.6 Å². The van der Waals surface area contributed by atoms with Crippen molar-refractivity contribution < 1.29 is 9.53 Å². The number of esters is 1. The predicted octanol–water partition coefficient (Wildman–Crippen LogP) is 1.12. The minimum atomic E-state index is -0.395. The van der Waals surface area contributed by atoms with Crippen molar-refractivity contribution in [1.82, 2.24) is 4.90 Å². The van der Waals surface area contributed by atoms with E-state index in [2.05, 4.69) is 4.74 Å². The van der Waals surface area contributed by atoms with Gasteiger partial charge in [-0.25, -0.2) is 4.79 Å². The number of benzene rings is 1. The lowest BCUT2D eigenvalue weighted by Gasteiger charge is -2.11. The maximum absolute atomic E-state index is 11.4. The molecule has 0 aliphatic carbocycles. The highest BCUT2D eigenvalue weighted by atomic mass is 16.5. The molecule has 0 bridgehead atoms. The van der Waals surface area contributed by atoms with Crippen molar-refractivity contribution >= 4 is 11.7 Å². The normalized spacial score (nSPS) is 10.4. The third-order valence-electron chi connectivity index (χ3n) is 2.02. The van der Waals surface area contributed by atoms with E-state index in [1.54, 1.807) is 12.1 Å². The second-order valence-corrected chi connectivity index (χ2v) is 3.65. The van der Waals surface area contributed by atoms with E-state index in [4.69, 9.17) is 5.73 Å². The van der Waals surface area contributed by atoms with Crippen LogP contribution in [0.15, 0.2) is 18.2 Å². The average molecular weight is 208 g/mol. The summed E-state index contributed by atoms with van der Waals surface area (Å²) in [6.07, 6.45) is 0.